The molecule has 1 aliphatic rings. The number of hydrogen-bond acceptors (Lipinski definition) is 3. The molecule has 28 heavy (non-hydrogen) atoms. The highest BCUT2D eigenvalue weighted by molar-refractivity contribution is 6.31. The summed E-state index contributed by atoms with van der Waals surface area (Å²) < 4.78 is 14.0. The average Bonchev–Trinajstić information content (AvgIpc) is 3.06. The molecule has 3 aromatic rings. The molecule has 2 aromatic carbocycles. The highest BCUT2D eigenvalue weighted by Crippen LogP contribution is 2.27. The highest BCUT2D eigenvalue weighted by Gasteiger charge is 2.34. The van der Waals surface area contributed by atoms with E-state index in [1.54, 1.807) is 17.2 Å². The standard InChI is InChI=1S/C22H20ClFN2O2/c23-18-5-3-6-19(24)17(18)11-22(28)26-12-15(21(27)13-26)10-14-8-9-25-20-7-2-1-4-16(14)20/h1-9,15,21,27H,10-13H2/t15-,21+/m1/s1. The van der Waals surface area contributed by atoms with Crippen molar-refractivity contribution < 1.29 is 14.3 Å². The lowest BCUT2D eigenvalue weighted by Gasteiger charge is -2.17. The maximum atomic E-state index is 14.0. The van der Waals surface area contributed by atoms with Gasteiger partial charge in [-0.1, -0.05) is 35.9 Å². The molecule has 0 radical (unpaired) electrons. The lowest BCUT2D eigenvalue weighted by Crippen LogP contribution is -2.31. The second-order valence-corrected chi connectivity index (χ2v) is 7.60. The Bertz CT molecular complexity index is 1000. The number of hydrogen-bond donors (Lipinski definition) is 1. The fourth-order valence-corrected chi connectivity index (χ4v) is 4.07. The van der Waals surface area contributed by atoms with Crippen molar-refractivity contribution in [3.8, 4) is 0 Å². The van der Waals surface area contributed by atoms with Crippen molar-refractivity contribution in [2.24, 2.45) is 5.92 Å². The van der Waals surface area contributed by atoms with Crippen LogP contribution in [0.4, 0.5) is 4.39 Å². The Kier molecular flexibility index (Phi) is 5.29. The molecule has 6 heteroatoms. The minimum absolute atomic E-state index is 0.0779. The number of likely N-dealkylation sites (tertiary alicyclic amines) is 1. The quantitative estimate of drug-likeness (QED) is 0.730. The van der Waals surface area contributed by atoms with Gasteiger partial charge in [0.05, 0.1) is 18.0 Å². The fourth-order valence-electron chi connectivity index (χ4n) is 3.84. The molecule has 1 N–H and O–H groups in total. The first kappa shape index (κ1) is 18.8. The van der Waals surface area contributed by atoms with Crippen LogP contribution in [0.1, 0.15) is 11.1 Å². The number of amides is 1. The molecule has 2 atom stereocenters. The second-order valence-electron chi connectivity index (χ2n) is 7.19. The molecule has 0 unspecified atom stereocenters. The largest absolute Gasteiger partial charge is 0.391 e. The molecular weight excluding hydrogens is 379 g/mol. The Morgan fingerprint density at radius 2 is 2.00 bits per heavy atom. The average molecular weight is 399 g/mol. The molecule has 0 bridgehead atoms. The van der Waals surface area contributed by atoms with E-state index >= 15 is 0 Å². The van der Waals surface area contributed by atoms with Gasteiger partial charge in [0.1, 0.15) is 5.82 Å². The fraction of sp³-hybridized carbons (Fsp3) is 0.273. The highest BCUT2D eigenvalue weighted by atomic mass is 35.5. The van der Waals surface area contributed by atoms with Crippen LogP contribution in [0.2, 0.25) is 5.02 Å². The number of pyridine rings is 1. The third-order valence-electron chi connectivity index (χ3n) is 5.37. The number of carbonyl (C=O) groups excluding carboxylic acids is 1. The van der Waals surface area contributed by atoms with Gasteiger partial charge in [0.15, 0.2) is 0 Å². The molecule has 1 aliphatic heterocycles. The number of aliphatic hydroxyl groups is 1. The van der Waals surface area contributed by atoms with E-state index in [-0.39, 0.29) is 35.4 Å². The van der Waals surface area contributed by atoms with Gasteiger partial charge in [-0.3, -0.25) is 9.78 Å². The lowest BCUT2D eigenvalue weighted by atomic mass is 9.94. The first-order valence-electron chi connectivity index (χ1n) is 9.24. The first-order chi connectivity index (χ1) is 13.5. The number of aliphatic hydroxyl groups excluding tert-OH is 1. The van der Waals surface area contributed by atoms with E-state index in [9.17, 15) is 14.3 Å². The van der Waals surface area contributed by atoms with Crippen molar-refractivity contribution in [2.45, 2.75) is 18.9 Å². The Morgan fingerprint density at radius 3 is 2.82 bits per heavy atom. The summed E-state index contributed by atoms with van der Waals surface area (Å²) in [6, 6.07) is 14.2. The molecule has 0 aliphatic carbocycles. The van der Waals surface area contributed by atoms with E-state index < -0.39 is 11.9 Å². The predicted molar refractivity (Wildman–Crippen MR) is 107 cm³/mol. The third-order valence-corrected chi connectivity index (χ3v) is 5.72. The van der Waals surface area contributed by atoms with Crippen LogP contribution < -0.4 is 0 Å². The Balaban J connectivity index is 1.48. The minimum Gasteiger partial charge on any atom is -0.391 e. The minimum atomic E-state index is -0.619. The Hall–Kier alpha value is -2.50. The van der Waals surface area contributed by atoms with Gasteiger partial charge in [-0.25, -0.2) is 4.39 Å². The Labute approximate surface area is 167 Å². The number of fused-ring (bicyclic) bond motifs is 1. The lowest BCUT2D eigenvalue weighted by molar-refractivity contribution is -0.129. The van der Waals surface area contributed by atoms with Crippen LogP contribution in [0.25, 0.3) is 10.9 Å². The summed E-state index contributed by atoms with van der Waals surface area (Å²) in [4.78, 5) is 18.6. The molecule has 1 amide bonds. The summed E-state index contributed by atoms with van der Waals surface area (Å²) >= 11 is 6.03. The molecule has 2 heterocycles. The van der Waals surface area contributed by atoms with Gasteiger partial charge in [0, 0.05) is 41.2 Å². The van der Waals surface area contributed by atoms with E-state index in [0.29, 0.717) is 13.0 Å². The molecule has 1 aromatic heterocycles. The predicted octanol–water partition coefficient (Wildman–Crippen LogP) is 3.63. The molecule has 1 fully saturated rings. The number of β-amino-alcohol motifs (C(OH)–C–C–N with tert-alkyl or cyclic N) is 1. The van der Waals surface area contributed by atoms with Gasteiger partial charge < -0.3 is 10.0 Å². The summed E-state index contributed by atoms with van der Waals surface area (Å²) in [5, 5.41) is 11.8. The topological polar surface area (TPSA) is 53.4 Å². The smallest absolute Gasteiger partial charge is 0.227 e. The summed E-state index contributed by atoms with van der Waals surface area (Å²) in [5.41, 5.74) is 2.21. The molecular formula is C22H20ClFN2O2. The van der Waals surface area contributed by atoms with Crippen molar-refractivity contribution in [2.75, 3.05) is 13.1 Å². The normalized spacial score (nSPS) is 19.3. The van der Waals surface area contributed by atoms with Gasteiger partial charge >= 0.3 is 0 Å². The molecule has 0 saturated carbocycles. The zero-order valence-corrected chi connectivity index (χ0v) is 15.9. The second kappa shape index (κ2) is 7.86. The maximum absolute atomic E-state index is 14.0. The Morgan fingerprint density at radius 1 is 1.18 bits per heavy atom. The monoisotopic (exact) mass is 398 g/mol. The number of nitrogens with zero attached hydrogens (tertiary/aromatic N) is 2. The SMILES string of the molecule is O=C(Cc1c(F)cccc1Cl)N1C[C@@H](Cc2ccnc3ccccc23)[C@@H](O)C1. The zero-order valence-electron chi connectivity index (χ0n) is 15.2. The van der Waals surface area contributed by atoms with Gasteiger partial charge in [-0.2, -0.15) is 0 Å². The van der Waals surface area contributed by atoms with E-state index in [4.69, 9.17) is 11.6 Å². The van der Waals surface area contributed by atoms with E-state index in [1.807, 2.05) is 30.3 Å². The molecule has 4 rings (SSSR count). The number of rotatable bonds is 4. The van der Waals surface area contributed by atoms with Crippen molar-refractivity contribution >= 4 is 28.4 Å². The summed E-state index contributed by atoms with van der Waals surface area (Å²) in [6.45, 7) is 0.682. The summed E-state index contributed by atoms with van der Waals surface area (Å²) in [6.07, 6.45) is 1.69. The maximum Gasteiger partial charge on any atom is 0.227 e. The number of para-hydroxylation sites is 1. The van der Waals surface area contributed by atoms with E-state index in [2.05, 4.69) is 4.98 Å². The van der Waals surface area contributed by atoms with Crippen molar-refractivity contribution in [1.82, 2.24) is 9.88 Å². The van der Waals surface area contributed by atoms with Crippen LogP contribution in [0.5, 0.6) is 0 Å². The summed E-state index contributed by atoms with van der Waals surface area (Å²) in [7, 11) is 0. The number of aromatic nitrogens is 1. The van der Waals surface area contributed by atoms with Crippen LogP contribution in [-0.2, 0) is 17.6 Å². The van der Waals surface area contributed by atoms with Gasteiger partial charge in [-0.15, -0.1) is 0 Å². The molecule has 4 nitrogen and oxygen atoms in total. The molecule has 0 spiro atoms. The van der Waals surface area contributed by atoms with Crippen LogP contribution >= 0.6 is 11.6 Å². The van der Waals surface area contributed by atoms with Crippen molar-refractivity contribution in [3.63, 3.8) is 0 Å². The van der Waals surface area contributed by atoms with E-state index in [0.717, 1.165) is 16.5 Å². The third kappa shape index (κ3) is 3.73. The van der Waals surface area contributed by atoms with Gasteiger partial charge in [0.25, 0.3) is 0 Å². The van der Waals surface area contributed by atoms with Crippen LogP contribution in [0.3, 0.4) is 0 Å². The summed E-state index contributed by atoms with van der Waals surface area (Å²) in [5.74, 6) is -0.792. The first-order valence-corrected chi connectivity index (χ1v) is 9.62. The van der Waals surface area contributed by atoms with E-state index in [1.165, 1.54) is 12.1 Å². The van der Waals surface area contributed by atoms with Crippen LogP contribution in [0, 0.1) is 11.7 Å². The van der Waals surface area contributed by atoms with Crippen LogP contribution in [-0.4, -0.2) is 40.1 Å². The number of benzene rings is 2. The van der Waals surface area contributed by atoms with Gasteiger partial charge in [-0.05, 0) is 36.2 Å². The van der Waals surface area contributed by atoms with Crippen molar-refractivity contribution in [1.29, 1.82) is 0 Å². The van der Waals surface area contributed by atoms with Crippen molar-refractivity contribution in [3.05, 3.63) is 76.7 Å². The van der Waals surface area contributed by atoms with Gasteiger partial charge in [0.2, 0.25) is 5.91 Å². The number of halogens is 2. The number of carbonyl (C=O) groups is 1. The zero-order chi connectivity index (χ0) is 19.7. The van der Waals surface area contributed by atoms with Crippen LogP contribution in [0.15, 0.2) is 54.7 Å². The molecule has 144 valence electrons. The molecule has 1 saturated heterocycles.